The third-order valence-electron chi connectivity index (χ3n) is 3.67. The van der Waals surface area contributed by atoms with Crippen LogP contribution in [0.4, 0.5) is 5.69 Å². The van der Waals surface area contributed by atoms with Gasteiger partial charge in [0.2, 0.25) is 0 Å². The van der Waals surface area contributed by atoms with E-state index in [-0.39, 0.29) is 0 Å². The van der Waals surface area contributed by atoms with Gasteiger partial charge in [0.25, 0.3) is 0 Å². The number of benzene rings is 1. The summed E-state index contributed by atoms with van der Waals surface area (Å²) in [4.78, 5) is 13.7. The average molecular weight is 279 g/mol. The van der Waals surface area contributed by atoms with E-state index >= 15 is 0 Å². The van der Waals surface area contributed by atoms with Crippen LogP contribution < -0.4 is 4.90 Å². The largest absolute Gasteiger partial charge is 0.478 e. The normalized spacial score (nSPS) is 10.8. The first-order valence-electron chi connectivity index (χ1n) is 7.15. The van der Waals surface area contributed by atoms with E-state index in [2.05, 4.69) is 18.7 Å². The number of anilines is 1. The van der Waals surface area contributed by atoms with E-state index in [1.807, 2.05) is 13.0 Å². The number of rotatable bonds is 8. The summed E-state index contributed by atoms with van der Waals surface area (Å²) in [6.07, 6.45) is 1.96. The molecule has 1 N–H and O–H groups in total. The second-order valence-electron chi connectivity index (χ2n) is 4.93. The number of carbonyl (C=O) groups is 1. The van der Waals surface area contributed by atoms with Crippen LogP contribution >= 0.6 is 0 Å². The predicted molar refractivity (Wildman–Crippen MR) is 81.7 cm³/mol. The quantitative estimate of drug-likeness (QED) is 0.793. The van der Waals surface area contributed by atoms with Crippen molar-refractivity contribution < 1.29 is 14.6 Å². The van der Waals surface area contributed by atoms with Gasteiger partial charge in [0, 0.05) is 19.7 Å². The van der Waals surface area contributed by atoms with Crippen LogP contribution in [0.15, 0.2) is 18.2 Å². The number of carboxylic acids is 1. The Labute approximate surface area is 121 Å². The molecular weight excluding hydrogens is 254 g/mol. The Morgan fingerprint density at radius 1 is 1.35 bits per heavy atom. The van der Waals surface area contributed by atoms with Gasteiger partial charge in [0.15, 0.2) is 0 Å². The third kappa shape index (κ3) is 3.73. The minimum Gasteiger partial charge on any atom is -0.478 e. The van der Waals surface area contributed by atoms with Gasteiger partial charge in [-0.2, -0.15) is 0 Å². The zero-order valence-electron chi connectivity index (χ0n) is 12.8. The number of methoxy groups -OCH3 is 1. The van der Waals surface area contributed by atoms with Gasteiger partial charge < -0.3 is 14.7 Å². The second kappa shape index (κ2) is 7.90. The number of hydrogen-bond donors (Lipinski definition) is 1. The summed E-state index contributed by atoms with van der Waals surface area (Å²) in [6, 6.07) is 5.75. The van der Waals surface area contributed by atoms with Crippen molar-refractivity contribution in [1.29, 1.82) is 0 Å². The van der Waals surface area contributed by atoms with E-state index in [0.29, 0.717) is 24.8 Å². The highest BCUT2D eigenvalue weighted by Crippen LogP contribution is 2.28. The van der Waals surface area contributed by atoms with Gasteiger partial charge in [-0.15, -0.1) is 0 Å². The molecule has 0 radical (unpaired) electrons. The Bertz CT molecular complexity index is 441. The van der Waals surface area contributed by atoms with Gasteiger partial charge in [-0.25, -0.2) is 4.79 Å². The van der Waals surface area contributed by atoms with Gasteiger partial charge in [0.05, 0.1) is 17.9 Å². The van der Waals surface area contributed by atoms with Crippen molar-refractivity contribution >= 4 is 11.7 Å². The number of carboxylic acid groups (broad SMARTS) is 1. The highest BCUT2D eigenvalue weighted by molar-refractivity contribution is 5.95. The lowest BCUT2D eigenvalue weighted by Crippen LogP contribution is -2.38. The molecule has 112 valence electrons. The van der Waals surface area contributed by atoms with E-state index in [0.717, 1.165) is 24.1 Å². The Hall–Kier alpha value is -1.55. The van der Waals surface area contributed by atoms with Crippen LogP contribution in [0.3, 0.4) is 0 Å². The van der Waals surface area contributed by atoms with E-state index < -0.39 is 5.97 Å². The molecule has 1 rings (SSSR count). The first-order chi connectivity index (χ1) is 9.56. The van der Waals surface area contributed by atoms with Gasteiger partial charge in [-0.3, -0.25) is 0 Å². The molecule has 0 aliphatic rings. The minimum absolute atomic E-state index is 0.323. The smallest absolute Gasteiger partial charge is 0.337 e. The fourth-order valence-corrected chi connectivity index (χ4v) is 2.61. The highest BCUT2D eigenvalue weighted by Gasteiger charge is 2.22. The van der Waals surface area contributed by atoms with Crippen LogP contribution in [-0.4, -0.2) is 37.4 Å². The molecule has 0 aromatic heterocycles. The SMILES string of the molecule is CCC(CC)N(CCOC)c1c(C)cccc1C(=O)O. The molecule has 0 aliphatic carbocycles. The van der Waals surface area contributed by atoms with Crippen LogP contribution in [-0.2, 0) is 4.74 Å². The van der Waals surface area contributed by atoms with E-state index in [9.17, 15) is 9.90 Å². The zero-order valence-corrected chi connectivity index (χ0v) is 12.8. The maximum atomic E-state index is 11.5. The molecule has 1 aromatic carbocycles. The van der Waals surface area contributed by atoms with Crippen molar-refractivity contribution in [1.82, 2.24) is 0 Å². The van der Waals surface area contributed by atoms with Gasteiger partial charge in [-0.05, 0) is 31.4 Å². The Morgan fingerprint density at radius 2 is 2.00 bits per heavy atom. The summed E-state index contributed by atoms with van der Waals surface area (Å²) in [5.74, 6) is -0.878. The number of nitrogens with zero attached hydrogens (tertiary/aromatic N) is 1. The summed E-state index contributed by atoms with van der Waals surface area (Å²) in [6.45, 7) is 7.52. The molecule has 0 spiro atoms. The summed E-state index contributed by atoms with van der Waals surface area (Å²) < 4.78 is 5.18. The third-order valence-corrected chi connectivity index (χ3v) is 3.67. The van der Waals surface area contributed by atoms with E-state index in [1.54, 1.807) is 19.2 Å². The van der Waals surface area contributed by atoms with Crippen LogP contribution in [0.25, 0.3) is 0 Å². The lowest BCUT2D eigenvalue weighted by Gasteiger charge is -2.34. The average Bonchev–Trinajstić information content (AvgIpc) is 2.43. The van der Waals surface area contributed by atoms with Crippen molar-refractivity contribution in [2.45, 2.75) is 39.7 Å². The fourth-order valence-electron chi connectivity index (χ4n) is 2.61. The zero-order chi connectivity index (χ0) is 15.1. The van der Waals surface area contributed by atoms with Crippen molar-refractivity contribution in [3.8, 4) is 0 Å². The lowest BCUT2D eigenvalue weighted by atomic mass is 10.0. The summed E-state index contributed by atoms with van der Waals surface area (Å²) in [5.41, 5.74) is 2.19. The fraction of sp³-hybridized carbons (Fsp3) is 0.562. The maximum absolute atomic E-state index is 11.5. The predicted octanol–water partition coefficient (Wildman–Crippen LogP) is 3.33. The number of para-hydroxylation sites is 1. The minimum atomic E-state index is -0.878. The molecule has 20 heavy (non-hydrogen) atoms. The van der Waals surface area contributed by atoms with Gasteiger partial charge in [-0.1, -0.05) is 26.0 Å². The molecule has 1 aromatic rings. The molecule has 4 nitrogen and oxygen atoms in total. The van der Waals surface area contributed by atoms with Gasteiger partial charge in [0.1, 0.15) is 0 Å². The van der Waals surface area contributed by atoms with E-state index in [4.69, 9.17) is 4.74 Å². The maximum Gasteiger partial charge on any atom is 0.337 e. The number of ether oxygens (including phenoxy) is 1. The van der Waals surface area contributed by atoms with Gasteiger partial charge >= 0.3 is 5.97 Å². The molecule has 0 unspecified atom stereocenters. The molecule has 4 heteroatoms. The van der Waals surface area contributed by atoms with E-state index in [1.165, 1.54) is 0 Å². The van der Waals surface area contributed by atoms with Crippen LogP contribution in [0.2, 0.25) is 0 Å². The molecule has 0 saturated carbocycles. The van der Waals surface area contributed by atoms with Crippen molar-refractivity contribution in [3.05, 3.63) is 29.3 Å². The number of aryl methyl sites for hydroxylation is 1. The van der Waals surface area contributed by atoms with Crippen LogP contribution in [0.5, 0.6) is 0 Å². The molecule has 0 atom stereocenters. The Balaban J connectivity index is 3.28. The van der Waals surface area contributed by atoms with Crippen molar-refractivity contribution in [2.75, 3.05) is 25.2 Å². The Morgan fingerprint density at radius 3 is 2.50 bits per heavy atom. The summed E-state index contributed by atoms with van der Waals surface area (Å²) >= 11 is 0. The molecule has 0 heterocycles. The van der Waals surface area contributed by atoms with Crippen molar-refractivity contribution in [3.63, 3.8) is 0 Å². The summed E-state index contributed by atoms with van der Waals surface area (Å²) in [5, 5.41) is 9.43. The molecule has 0 fully saturated rings. The summed E-state index contributed by atoms with van der Waals surface area (Å²) in [7, 11) is 1.67. The first kappa shape index (κ1) is 16.5. The standard InChI is InChI=1S/C16H25NO3/c1-5-13(6-2)17(10-11-20-4)15-12(3)8-7-9-14(15)16(18)19/h7-9,13H,5-6,10-11H2,1-4H3,(H,18,19). The van der Waals surface area contributed by atoms with Crippen molar-refractivity contribution in [2.24, 2.45) is 0 Å². The molecule has 0 saturated heterocycles. The van der Waals surface area contributed by atoms with Crippen LogP contribution in [0, 0.1) is 6.92 Å². The monoisotopic (exact) mass is 279 g/mol. The van der Waals surface area contributed by atoms with Crippen LogP contribution in [0.1, 0.15) is 42.6 Å². The molecule has 0 bridgehead atoms. The first-order valence-corrected chi connectivity index (χ1v) is 7.15. The molecule has 0 amide bonds. The highest BCUT2D eigenvalue weighted by atomic mass is 16.5. The number of hydrogen-bond acceptors (Lipinski definition) is 3. The molecular formula is C16H25NO3. The molecule has 0 aliphatic heterocycles. The number of aromatic carboxylic acids is 1. The second-order valence-corrected chi connectivity index (χ2v) is 4.93. The topological polar surface area (TPSA) is 49.8 Å². The lowest BCUT2D eigenvalue weighted by molar-refractivity contribution is 0.0697. The Kier molecular flexibility index (Phi) is 6.52.